The van der Waals surface area contributed by atoms with Crippen molar-refractivity contribution >= 4 is 143 Å². The predicted molar refractivity (Wildman–Crippen MR) is 487 cm³/mol. The van der Waals surface area contributed by atoms with E-state index in [0.717, 1.165) is 33.4 Å². The summed E-state index contributed by atoms with van der Waals surface area (Å²) in [7, 11) is 0. The molecule has 0 radical (unpaired) electrons. The first-order valence-electron chi connectivity index (χ1n) is 43.6. The van der Waals surface area contributed by atoms with Crippen molar-refractivity contribution in [3.05, 3.63) is 352 Å². The van der Waals surface area contributed by atoms with E-state index >= 15 is 0 Å². The van der Waals surface area contributed by atoms with Gasteiger partial charge in [-0.1, -0.05) is 83.8 Å². The second kappa shape index (κ2) is 38.3. The third-order valence-electron chi connectivity index (χ3n) is 24.6. The van der Waals surface area contributed by atoms with Crippen LogP contribution in [0.2, 0.25) is 0 Å². The summed E-state index contributed by atoms with van der Waals surface area (Å²) in [5, 5.41) is 5.65. The molecule has 144 heavy (non-hydrogen) atoms. The number of carbonyl (C=O) groups is 22. The van der Waals surface area contributed by atoms with Gasteiger partial charge in [-0.2, -0.15) is 0 Å². The zero-order chi connectivity index (χ0) is 101. The van der Waals surface area contributed by atoms with Crippen molar-refractivity contribution in [2.24, 2.45) is 35.5 Å². The van der Waals surface area contributed by atoms with E-state index in [1.54, 1.807) is 121 Å². The summed E-state index contributed by atoms with van der Waals surface area (Å²) in [4.78, 5) is 257. The van der Waals surface area contributed by atoms with Gasteiger partial charge >= 0.3 is 119 Å². The minimum atomic E-state index is -0.697. The molecule has 2 saturated heterocycles. The van der Waals surface area contributed by atoms with Crippen molar-refractivity contribution < 1.29 is 153 Å². The van der Waals surface area contributed by atoms with Crippen molar-refractivity contribution in [2.45, 2.75) is 38.5 Å². The highest BCUT2D eigenvalue weighted by atomic mass is 16.6. The average molecular weight is 1920 g/mol. The number of cyclic esters (lactones) is 20. The van der Waals surface area contributed by atoms with Crippen LogP contribution in [0.4, 0.5) is 11.4 Å². The fourth-order valence-corrected chi connectivity index (χ4v) is 17.2. The summed E-state index contributed by atoms with van der Waals surface area (Å²) in [6, 6.07) is 58.9. The van der Waals surface area contributed by atoms with Crippen LogP contribution in [0.1, 0.15) is 249 Å². The van der Waals surface area contributed by atoms with E-state index in [2.05, 4.69) is 108 Å². The second-order valence-corrected chi connectivity index (χ2v) is 33.4. The van der Waals surface area contributed by atoms with E-state index in [1.807, 2.05) is 24.3 Å². The van der Waals surface area contributed by atoms with Gasteiger partial charge in [-0.25, -0.2) is 76.7 Å². The number of carbonyl (C=O) groups excluding carboxylic acids is 22. The molecule has 11 aromatic rings. The van der Waals surface area contributed by atoms with Crippen LogP contribution in [0.3, 0.4) is 0 Å². The van der Waals surface area contributed by atoms with Crippen LogP contribution in [-0.4, -0.2) is 131 Å². The number of benzene rings is 11. The van der Waals surface area contributed by atoms with Crippen LogP contribution < -0.4 is 10.6 Å². The smallest absolute Gasteiger partial charge is 0.346 e. The normalized spacial score (nSPS) is 18.3. The molecule has 2 aliphatic carbocycles. The Balaban J connectivity index is 0.000000114. The number of hydrogen-bond acceptors (Lipinski definition) is 32. The fourth-order valence-electron chi connectivity index (χ4n) is 17.2. The zero-order valence-corrected chi connectivity index (χ0v) is 73.6. The van der Waals surface area contributed by atoms with Crippen molar-refractivity contribution in [3.63, 3.8) is 0 Å². The topological polar surface area (TPSA) is 492 Å². The maximum Gasteiger partial charge on any atom is 0.346 e. The lowest BCUT2D eigenvalue weighted by atomic mass is 9.75. The Morgan fingerprint density at radius 1 is 0.194 bits per heavy atom. The summed E-state index contributed by atoms with van der Waals surface area (Å²) >= 11 is 0. The molecule has 4 fully saturated rings. The maximum atomic E-state index is 12.7. The van der Waals surface area contributed by atoms with Gasteiger partial charge in [0, 0.05) is 67.7 Å². The molecule has 34 nitrogen and oxygen atoms in total. The number of esters is 20. The molecule has 11 aromatic carbocycles. The number of ether oxygens (including phenoxy) is 10. The van der Waals surface area contributed by atoms with Crippen LogP contribution in [0.25, 0.3) is 22.3 Å². The molecule has 12 aliphatic rings. The quantitative estimate of drug-likeness (QED) is 0.0675. The molecule has 10 heterocycles. The van der Waals surface area contributed by atoms with Gasteiger partial charge < -0.3 is 58.0 Å². The highest BCUT2D eigenvalue weighted by Crippen LogP contribution is 2.43. The van der Waals surface area contributed by atoms with E-state index < -0.39 is 143 Å². The van der Waals surface area contributed by atoms with Crippen molar-refractivity contribution in [2.75, 3.05) is 10.6 Å². The molecule has 2 amide bonds. The lowest BCUT2D eigenvalue weighted by Gasteiger charge is -2.27. The van der Waals surface area contributed by atoms with Gasteiger partial charge in [0.15, 0.2) is 0 Å². The standard InChI is InChI=1S/C26H10O6.C24H24N2O8.C22H10O6.C20H6O6.C18H6O6/c27-23-19-11-9-17(13-21(19)25(29)31-23)7-5-15-1-2-16(4-3-15)6-8-18-10-12-20-22(14-18)26(30)32-24(20)28;27-19(11-1-7-15-17(9-11)23(31)33-21(15)29)25-13-3-5-14(6-4-13)26-20(28)12-2-8-16-18(10-12)24(32)34-22(16)30;23-19-15-7-5-13(9-17(15)21(25)27-19)11-1-2-12(4-3-11)14-6-8-16-18(10-14)22(26)28-20(16)24;21-17-13-7-5-11(9-15(13)19(23)25-17)3-1-2-4-12-6-8-14-16(10-12)20(24)26-18(14)22;19-15-11-5-3-9(7-13(11)17(21)23-15)1-2-10-4-6-12-14(8-10)18(22)24-16(12)20/h1-4,9-14H;3-6,11-12,15-18H,1-2,7-10H2,(H,25,27)(H,26,28);1-10H;5-10H;3-8H. The van der Waals surface area contributed by atoms with Crippen molar-refractivity contribution in [1.29, 1.82) is 0 Å². The molecule has 2 N–H and O–H groups in total. The molecule has 6 unspecified atom stereocenters. The monoisotopic (exact) mass is 1920 g/mol. The van der Waals surface area contributed by atoms with Gasteiger partial charge in [0.05, 0.1) is 113 Å². The minimum Gasteiger partial charge on any atom is -0.393 e. The number of hydrogen-bond donors (Lipinski definition) is 2. The van der Waals surface area contributed by atoms with Crippen LogP contribution in [-0.2, 0) is 76.1 Å². The molecule has 2 saturated carbocycles. The summed E-state index contributed by atoms with van der Waals surface area (Å²) in [6.45, 7) is 0. The van der Waals surface area contributed by atoms with Crippen molar-refractivity contribution in [1.82, 2.24) is 0 Å². The molecular formula is C110H56N2O32. The van der Waals surface area contributed by atoms with E-state index in [-0.39, 0.29) is 126 Å². The fraction of sp³-hybridized carbons (Fsp3) is 0.109. The Hall–Kier alpha value is -20.4. The number of amides is 2. The van der Waals surface area contributed by atoms with Crippen LogP contribution in [0.5, 0.6) is 0 Å². The Labute approximate surface area is 809 Å². The first kappa shape index (κ1) is 92.6. The lowest BCUT2D eigenvalue weighted by Crippen LogP contribution is -2.34. The summed E-state index contributed by atoms with van der Waals surface area (Å²) in [6.07, 6.45) is 2.49. The molecule has 23 rings (SSSR count). The second-order valence-electron chi connectivity index (χ2n) is 33.4. The number of nitrogens with one attached hydrogen (secondary N) is 2. The van der Waals surface area contributed by atoms with Gasteiger partial charge in [-0.15, -0.1) is 0 Å². The van der Waals surface area contributed by atoms with E-state index in [9.17, 15) is 105 Å². The van der Waals surface area contributed by atoms with Crippen LogP contribution in [0, 0.1) is 94.7 Å². The Kier molecular flexibility index (Phi) is 24.6. The first-order valence-corrected chi connectivity index (χ1v) is 43.6. The largest absolute Gasteiger partial charge is 0.393 e. The first-order chi connectivity index (χ1) is 69.3. The number of fused-ring (bicyclic) bond motifs is 10. The zero-order valence-electron chi connectivity index (χ0n) is 73.6. The summed E-state index contributed by atoms with van der Waals surface area (Å²) in [5.41, 5.74) is 12.6. The Morgan fingerprint density at radius 2 is 0.389 bits per heavy atom. The molecule has 10 aliphatic heterocycles. The molecule has 0 bridgehead atoms. The maximum absolute atomic E-state index is 12.7. The van der Waals surface area contributed by atoms with Gasteiger partial charge in [-0.3, -0.25) is 28.8 Å². The van der Waals surface area contributed by atoms with E-state index in [1.165, 1.54) is 72.8 Å². The van der Waals surface area contributed by atoms with E-state index in [4.69, 9.17) is 9.47 Å². The van der Waals surface area contributed by atoms with Crippen LogP contribution >= 0.6 is 0 Å². The Bertz CT molecular complexity index is 7720. The van der Waals surface area contributed by atoms with Crippen molar-refractivity contribution in [3.8, 4) is 81.5 Å². The lowest BCUT2D eigenvalue weighted by molar-refractivity contribution is -0.155. The molecule has 698 valence electrons. The highest BCUT2D eigenvalue weighted by molar-refractivity contribution is 6.20. The van der Waals surface area contributed by atoms with Gasteiger partial charge in [-0.05, 0) is 255 Å². The Morgan fingerprint density at radius 3 is 0.639 bits per heavy atom. The molecular weight excluding hydrogens is 1860 g/mol. The van der Waals surface area contributed by atoms with Gasteiger partial charge in [0.25, 0.3) is 0 Å². The van der Waals surface area contributed by atoms with E-state index in [0.29, 0.717) is 70.4 Å². The third kappa shape index (κ3) is 18.9. The van der Waals surface area contributed by atoms with Crippen LogP contribution in [0.15, 0.2) is 218 Å². The van der Waals surface area contributed by atoms with Gasteiger partial charge in [0.2, 0.25) is 11.8 Å². The third-order valence-corrected chi connectivity index (χ3v) is 24.6. The average Bonchev–Trinajstić information content (AvgIpc) is 1.65. The molecule has 34 heteroatoms. The number of anilines is 2. The molecule has 0 aromatic heterocycles. The van der Waals surface area contributed by atoms with Gasteiger partial charge in [0.1, 0.15) is 0 Å². The minimum absolute atomic E-state index is 0.176. The molecule has 6 atom stereocenters. The summed E-state index contributed by atoms with van der Waals surface area (Å²) < 4.78 is 45.8. The predicted octanol–water partition coefficient (Wildman–Crippen LogP) is 12.0. The highest BCUT2D eigenvalue weighted by Gasteiger charge is 2.51. The molecule has 0 spiro atoms. The SMILES string of the molecule is O=C(Nc1ccc(NC(=O)C2CCC3C(=O)OC(=O)C3C2)cc1)C1CCC2C(=O)OC(=O)C2C1.O=C1OC(=O)c2cc(-c3ccc(-c4ccc5c(c4)C(=O)OC5=O)cc3)ccc21.O=C1OC(=O)c2cc(C#CC#Cc3ccc4c(c3)C(=O)OC4=O)ccc21.O=C1OC(=O)c2cc(C#Cc3ccc(C#Cc4ccc5c(c4)C(=O)OC5=O)cc3)ccc21.O=C1OC(=O)c2cc(C#Cc3ccc4c(c3)C(=O)OC4=O)ccc21. The number of rotatable bonds is 6. The summed E-state index contributed by atoms with van der Waals surface area (Å²) in [5.74, 6) is 12.5.